The number of benzene rings is 1. The number of halogens is 1. The third kappa shape index (κ3) is 4.82. The van der Waals surface area contributed by atoms with E-state index in [2.05, 4.69) is 20.8 Å². The van der Waals surface area contributed by atoms with Gasteiger partial charge >= 0.3 is 0 Å². The van der Waals surface area contributed by atoms with E-state index >= 15 is 0 Å². The molecule has 0 spiro atoms. The molecule has 112 valence electrons. The molecular formula is C17H25ClO2. The highest BCUT2D eigenvalue weighted by atomic mass is 35.5. The summed E-state index contributed by atoms with van der Waals surface area (Å²) in [4.78, 5) is 11.2. The highest BCUT2D eigenvalue weighted by Gasteiger charge is 2.17. The Balaban J connectivity index is 3.12. The van der Waals surface area contributed by atoms with Crippen LogP contribution in [0.5, 0.6) is 5.75 Å². The van der Waals surface area contributed by atoms with Gasteiger partial charge in [-0.05, 0) is 55.4 Å². The highest BCUT2D eigenvalue weighted by molar-refractivity contribution is 6.30. The first kappa shape index (κ1) is 17.0. The molecule has 1 unspecified atom stereocenters. The third-order valence-electron chi connectivity index (χ3n) is 3.27. The maximum Gasteiger partial charge on any atom is 0.130 e. The molecule has 1 atom stereocenters. The van der Waals surface area contributed by atoms with Gasteiger partial charge in [-0.2, -0.15) is 0 Å². The van der Waals surface area contributed by atoms with Crippen molar-refractivity contribution in [1.29, 1.82) is 0 Å². The van der Waals surface area contributed by atoms with Crippen LogP contribution in [0.3, 0.4) is 0 Å². The van der Waals surface area contributed by atoms with Crippen LogP contribution in [0.2, 0.25) is 5.02 Å². The Labute approximate surface area is 127 Å². The van der Waals surface area contributed by atoms with Gasteiger partial charge in [0.2, 0.25) is 0 Å². The predicted molar refractivity (Wildman–Crippen MR) is 84.9 cm³/mol. The number of Topliss-reactive ketones (excluding diaryl/α,β-unsaturated/α-hetero) is 1. The summed E-state index contributed by atoms with van der Waals surface area (Å²) in [6, 6.07) is 3.95. The predicted octanol–water partition coefficient (Wildman–Crippen LogP) is 5.02. The van der Waals surface area contributed by atoms with Crippen LogP contribution < -0.4 is 4.74 Å². The lowest BCUT2D eigenvalue weighted by molar-refractivity contribution is -0.117. The molecule has 1 aromatic rings. The summed E-state index contributed by atoms with van der Waals surface area (Å²) in [6.45, 7) is 10.6. The monoisotopic (exact) mass is 296 g/mol. The van der Waals surface area contributed by atoms with Crippen molar-refractivity contribution in [2.75, 3.05) is 6.61 Å². The Morgan fingerprint density at radius 1 is 1.30 bits per heavy atom. The van der Waals surface area contributed by atoms with Crippen LogP contribution in [-0.2, 0) is 11.2 Å². The summed E-state index contributed by atoms with van der Waals surface area (Å²) in [5, 5.41) is 0.738. The van der Waals surface area contributed by atoms with Gasteiger partial charge in [0, 0.05) is 11.4 Å². The number of hydrogen-bond acceptors (Lipinski definition) is 2. The average molecular weight is 297 g/mol. The van der Waals surface area contributed by atoms with Crippen molar-refractivity contribution < 1.29 is 9.53 Å². The summed E-state index contributed by atoms with van der Waals surface area (Å²) in [7, 11) is 0. The van der Waals surface area contributed by atoms with E-state index in [1.54, 1.807) is 6.92 Å². The second kappa shape index (κ2) is 7.68. The Hall–Kier alpha value is -1.02. The number of hydrogen-bond donors (Lipinski definition) is 0. The Morgan fingerprint density at radius 3 is 2.45 bits per heavy atom. The Kier molecular flexibility index (Phi) is 6.54. The van der Waals surface area contributed by atoms with E-state index in [0.717, 1.165) is 28.3 Å². The van der Waals surface area contributed by atoms with Crippen molar-refractivity contribution in [2.24, 2.45) is 5.92 Å². The molecule has 0 aromatic heterocycles. The summed E-state index contributed by atoms with van der Waals surface area (Å²) in [5.74, 6) is 1.83. The van der Waals surface area contributed by atoms with Crippen molar-refractivity contribution in [3.05, 3.63) is 28.3 Å². The number of rotatable bonds is 7. The van der Waals surface area contributed by atoms with Crippen molar-refractivity contribution in [3.8, 4) is 5.75 Å². The fourth-order valence-electron chi connectivity index (χ4n) is 2.51. The number of carbonyl (C=O) groups is 1. The zero-order valence-electron chi connectivity index (χ0n) is 13.1. The summed E-state index contributed by atoms with van der Waals surface area (Å²) in [6.07, 6.45) is 1.41. The molecule has 2 nitrogen and oxygen atoms in total. The first-order valence-electron chi connectivity index (χ1n) is 7.29. The molecule has 0 bridgehead atoms. The lowest BCUT2D eigenvalue weighted by Crippen LogP contribution is -2.09. The zero-order valence-corrected chi connectivity index (χ0v) is 13.9. The molecule has 0 aliphatic heterocycles. The largest absolute Gasteiger partial charge is 0.493 e. The van der Waals surface area contributed by atoms with Crippen LogP contribution >= 0.6 is 11.6 Å². The van der Waals surface area contributed by atoms with E-state index in [9.17, 15) is 4.79 Å². The second-order valence-electron chi connectivity index (χ2n) is 5.79. The van der Waals surface area contributed by atoms with Crippen LogP contribution in [0.1, 0.15) is 58.1 Å². The van der Waals surface area contributed by atoms with Gasteiger partial charge in [-0.25, -0.2) is 0 Å². The Bertz CT molecular complexity index is 466. The summed E-state index contributed by atoms with van der Waals surface area (Å²) < 4.78 is 5.85. The summed E-state index contributed by atoms with van der Waals surface area (Å²) >= 11 is 6.23. The van der Waals surface area contributed by atoms with E-state index in [1.807, 2.05) is 19.1 Å². The first-order valence-corrected chi connectivity index (χ1v) is 7.67. The van der Waals surface area contributed by atoms with Gasteiger partial charge in [-0.3, -0.25) is 0 Å². The van der Waals surface area contributed by atoms with Gasteiger partial charge < -0.3 is 9.53 Å². The van der Waals surface area contributed by atoms with Gasteiger partial charge in [0.05, 0.1) is 6.61 Å². The van der Waals surface area contributed by atoms with Crippen LogP contribution in [0, 0.1) is 5.92 Å². The molecule has 0 saturated carbocycles. The number of carbonyl (C=O) groups excluding carboxylic acids is 1. The highest BCUT2D eigenvalue weighted by Crippen LogP contribution is 2.35. The van der Waals surface area contributed by atoms with E-state index in [1.165, 1.54) is 0 Å². The minimum absolute atomic E-state index is 0.224. The Morgan fingerprint density at radius 2 is 1.95 bits per heavy atom. The van der Waals surface area contributed by atoms with Gasteiger partial charge in [0.25, 0.3) is 0 Å². The van der Waals surface area contributed by atoms with Crippen molar-refractivity contribution >= 4 is 17.4 Å². The average Bonchev–Trinajstić information content (AvgIpc) is 2.30. The van der Waals surface area contributed by atoms with Crippen LogP contribution in [-0.4, -0.2) is 12.4 Å². The fourth-order valence-corrected chi connectivity index (χ4v) is 2.76. The summed E-state index contributed by atoms with van der Waals surface area (Å²) in [5.41, 5.74) is 2.25. The van der Waals surface area contributed by atoms with Crippen molar-refractivity contribution in [1.82, 2.24) is 0 Å². The molecule has 1 aromatic carbocycles. The molecule has 0 amide bonds. The molecule has 0 saturated heterocycles. The maximum absolute atomic E-state index is 11.2. The van der Waals surface area contributed by atoms with E-state index in [0.29, 0.717) is 24.9 Å². The lowest BCUT2D eigenvalue weighted by Gasteiger charge is -2.20. The lowest BCUT2D eigenvalue weighted by atomic mass is 9.92. The minimum Gasteiger partial charge on any atom is -0.493 e. The van der Waals surface area contributed by atoms with E-state index in [-0.39, 0.29) is 5.78 Å². The van der Waals surface area contributed by atoms with Crippen molar-refractivity contribution in [3.63, 3.8) is 0 Å². The molecule has 0 heterocycles. The van der Waals surface area contributed by atoms with E-state index < -0.39 is 0 Å². The zero-order chi connectivity index (χ0) is 15.3. The quantitative estimate of drug-likeness (QED) is 0.706. The fraction of sp³-hybridized carbons (Fsp3) is 0.588. The molecule has 0 radical (unpaired) electrons. The minimum atomic E-state index is 0.224. The SMILES string of the molecule is CCOc1c(CC(C)CC(C)=O)cc(Cl)cc1C(C)C. The van der Waals surface area contributed by atoms with Crippen LogP contribution in [0.15, 0.2) is 12.1 Å². The topological polar surface area (TPSA) is 26.3 Å². The molecule has 3 heteroatoms. The van der Waals surface area contributed by atoms with Crippen LogP contribution in [0.25, 0.3) is 0 Å². The van der Waals surface area contributed by atoms with Crippen molar-refractivity contribution in [2.45, 2.75) is 53.4 Å². The second-order valence-corrected chi connectivity index (χ2v) is 6.22. The third-order valence-corrected chi connectivity index (χ3v) is 3.49. The smallest absolute Gasteiger partial charge is 0.130 e. The van der Waals surface area contributed by atoms with Gasteiger partial charge in [0.15, 0.2) is 0 Å². The number of ketones is 1. The molecule has 0 N–H and O–H groups in total. The van der Waals surface area contributed by atoms with Crippen LogP contribution in [0.4, 0.5) is 0 Å². The molecule has 20 heavy (non-hydrogen) atoms. The van der Waals surface area contributed by atoms with E-state index in [4.69, 9.17) is 16.3 Å². The molecule has 0 aliphatic carbocycles. The standard InChI is InChI=1S/C17H25ClO2/c1-6-20-17-14(8-12(4)7-13(5)19)9-15(18)10-16(17)11(2)3/h9-12H,6-8H2,1-5H3. The molecule has 0 fully saturated rings. The molecule has 1 rings (SSSR count). The van der Waals surface area contributed by atoms with Gasteiger partial charge in [0.1, 0.15) is 11.5 Å². The van der Waals surface area contributed by atoms with Gasteiger partial charge in [-0.15, -0.1) is 0 Å². The first-order chi connectivity index (χ1) is 9.35. The molecule has 0 aliphatic rings. The normalized spacial score (nSPS) is 12.6. The van der Waals surface area contributed by atoms with Gasteiger partial charge in [-0.1, -0.05) is 32.4 Å². The maximum atomic E-state index is 11.2. The number of ether oxygens (including phenoxy) is 1. The molecular weight excluding hydrogens is 272 g/mol.